The van der Waals surface area contributed by atoms with Crippen molar-refractivity contribution in [1.29, 1.82) is 0 Å². The monoisotopic (exact) mass is 182 g/mol. The van der Waals surface area contributed by atoms with Gasteiger partial charge in [0.15, 0.2) is 0 Å². The lowest BCUT2D eigenvalue weighted by molar-refractivity contribution is 1.33. The fourth-order valence-electron chi connectivity index (χ4n) is 0.770. The van der Waals surface area contributed by atoms with Gasteiger partial charge < -0.3 is 0 Å². The number of nitrogens with zero attached hydrogens (tertiary/aromatic N) is 1. The van der Waals surface area contributed by atoms with Gasteiger partial charge >= 0.3 is 0 Å². The zero-order valence-electron chi connectivity index (χ0n) is 7.13. The second-order valence-electron chi connectivity index (χ2n) is 2.59. The molecule has 0 saturated carbocycles. The van der Waals surface area contributed by atoms with E-state index in [1.807, 2.05) is 31.2 Å². The molecule has 1 aromatic rings. The SMILES string of the molecule is C/C(Cl)=N\Nc1ccc(C)cc1. The number of benzene rings is 1. The first-order valence-corrected chi connectivity index (χ1v) is 4.09. The molecule has 1 rings (SSSR count). The summed E-state index contributed by atoms with van der Waals surface area (Å²) in [6.07, 6.45) is 0. The fraction of sp³-hybridized carbons (Fsp3) is 0.222. The first kappa shape index (κ1) is 9.07. The molecule has 12 heavy (non-hydrogen) atoms. The number of hydrogen-bond acceptors (Lipinski definition) is 2. The zero-order valence-corrected chi connectivity index (χ0v) is 7.89. The minimum atomic E-state index is 0.496. The highest BCUT2D eigenvalue weighted by atomic mass is 35.5. The first-order valence-electron chi connectivity index (χ1n) is 3.71. The highest BCUT2D eigenvalue weighted by Gasteiger charge is 1.88. The van der Waals surface area contributed by atoms with Crippen LogP contribution in [0.1, 0.15) is 12.5 Å². The Morgan fingerprint density at radius 1 is 1.33 bits per heavy atom. The lowest BCUT2D eigenvalue weighted by Gasteiger charge is -1.99. The van der Waals surface area contributed by atoms with Crippen molar-refractivity contribution in [1.82, 2.24) is 0 Å². The van der Waals surface area contributed by atoms with Crippen LogP contribution in [0.2, 0.25) is 0 Å². The predicted molar refractivity (Wildman–Crippen MR) is 53.8 cm³/mol. The number of hydrazone groups is 1. The average Bonchev–Trinajstić information content (AvgIpc) is 2.03. The average molecular weight is 183 g/mol. The number of aryl methyl sites for hydroxylation is 1. The molecule has 64 valence electrons. The Bertz CT molecular complexity index is 273. The Balaban J connectivity index is 2.65. The van der Waals surface area contributed by atoms with E-state index in [1.54, 1.807) is 6.92 Å². The number of nitrogens with one attached hydrogen (secondary N) is 1. The molecular formula is C9H11ClN2. The second kappa shape index (κ2) is 4.12. The van der Waals surface area contributed by atoms with E-state index in [0.29, 0.717) is 5.17 Å². The molecule has 0 unspecified atom stereocenters. The number of halogens is 1. The third kappa shape index (κ3) is 2.93. The second-order valence-corrected chi connectivity index (χ2v) is 3.13. The molecule has 0 spiro atoms. The van der Waals surface area contributed by atoms with Gasteiger partial charge in [0, 0.05) is 0 Å². The molecule has 0 aromatic heterocycles. The molecule has 1 N–H and O–H groups in total. The van der Waals surface area contributed by atoms with E-state index in [9.17, 15) is 0 Å². The van der Waals surface area contributed by atoms with Crippen LogP contribution in [0.25, 0.3) is 0 Å². The summed E-state index contributed by atoms with van der Waals surface area (Å²) in [5, 5.41) is 4.35. The Kier molecular flexibility index (Phi) is 3.11. The summed E-state index contributed by atoms with van der Waals surface area (Å²) in [4.78, 5) is 0. The molecule has 2 nitrogen and oxygen atoms in total. The Labute approximate surface area is 77.2 Å². The molecule has 0 radical (unpaired) electrons. The molecule has 1 aromatic carbocycles. The number of hydrogen-bond donors (Lipinski definition) is 1. The summed E-state index contributed by atoms with van der Waals surface area (Å²) in [5.41, 5.74) is 5.00. The zero-order chi connectivity index (χ0) is 8.97. The van der Waals surface area contributed by atoms with Crippen LogP contribution in [-0.2, 0) is 0 Å². The summed E-state index contributed by atoms with van der Waals surface area (Å²) < 4.78 is 0. The van der Waals surface area contributed by atoms with Crippen molar-refractivity contribution in [2.24, 2.45) is 5.10 Å². The highest BCUT2D eigenvalue weighted by Crippen LogP contribution is 2.08. The molecule has 0 amide bonds. The molecule has 0 fully saturated rings. The van der Waals surface area contributed by atoms with E-state index in [-0.39, 0.29) is 0 Å². The van der Waals surface area contributed by atoms with Crippen LogP contribution in [0.4, 0.5) is 5.69 Å². The smallest absolute Gasteiger partial charge is 0.123 e. The maximum absolute atomic E-state index is 5.55. The van der Waals surface area contributed by atoms with Gasteiger partial charge in [-0.2, -0.15) is 5.10 Å². The van der Waals surface area contributed by atoms with E-state index in [2.05, 4.69) is 10.5 Å². The molecular weight excluding hydrogens is 172 g/mol. The number of rotatable bonds is 2. The van der Waals surface area contributed by atoms with Crippen LogP contribution in [0.15, 0.2) is 29.4 Å². The lowest BCUT2D eigenvalue weighted by Crippen LogP contribution is -1.90. The summed E-state index contributed by atoms with van der Waals surface area (Å²) in [6, 6.07) is 7.94. The van der Waals surface area contributed by atoms with Crippen LogP contribution < -0.4 is 5.43 Å². The van der Waals surface area contributed by atoms with E-state index in [1.165, 1.54) is 5.56 Å². The molecule has 3 heteroatoms. The van der Waals surface area contributed by atoms with Crippen molar-refractivity contribution in [3.05, 3.63) is 29.8 Å². The van der Waals surface area contributed by atoms with Crippen molar-refractivity contribution < 1.29 is 0 Å². The largest absolute Gasteiger partial charge is 0.277 e. The van der Waals surface area contributed by atoms with Gasteiger partial charge in [-0.25, -0.2) is 0 Å². The van der Waals surface area contributed by atoms with Crippen LogP contribution in [-0.4, -0.2) is 5.17 Å². The predicted octanol–water partition coefficient (Wildman–Crippen LogP) is 2.98. The summed E-state index contributed by atoms with van der Waals surface area (Å²) in [7, 11) is 0. The van der Waals surface area contributed by atoms with Gasteiger partial charge in [-0.05, 0) is 26.0 Å². The van der Waals surface area contributed by atoms with Gasteiger partial charge in [-0.3, -0.25) is 5.43 Å². The molecule has 0 saturated heterocycles. The van der Waals surface area contributed by atoms with Crippen LogP contribution in [0, 0.1) is 6.92 Å². The van der Waals surface area contributed by atoms with Crippen molar-refractivity contribution in [3.8, 4) is 0 Å². The highest BCUT2D eigenvalue weighted by molar-refractivity contribution is 6.64. The molecule has 0 bridgehead atoms. The van der Waals surface area contributed by atoms with Gasteiger partial charge in [-0.1, -0.05) is 29.3 Å². The van der Waals surface area contributed by atoms with E-state index >= 15 is 0 Å². The number of anilines is 1. The van der Waals surface area contributed by atoms with Crippen LogP contribution >= 0.6 is 11.6 Å². The van der Waals surface area contributed by atoms with E-state index in [0.717, 1.165) is 5.69 Å². The lowest BCUT2D eigenvalue weighted by atomic mass is 10.2. The minimum Gasteiger partial charge on any atom is -0.277 e. The Morgan fingerprint density at radius 3 is 2.42 bits per heavy atom. The molecule has 0 aliphatic carbocycles. The van der Waals surface area contributed by atoms with Crippen molar-refractivity contribution in [2.75, 3.05) is 5.43 Å². The normalized spacial score (nSPS) is 11.4. The molecule has 0 atom stereocenters. The minimum absolute atomic E-state index is 0.496. The van der Waals surface area contributed by atoms with Gasteiger partial charge in [0.05, 0.1) is 5.69 Å². The summed E-state index contributed by atoms with van der Waals surface area (Å²) in [5.74, 6) is 0. The van der Waals surface area contributed by atoms with Gasteiger partial charge in [0.2, 0.25) is 0 Å². The third-order valence-electron chi connectivity index (χ3n) is 1.39. The fourth-order valence-corrected chi connectivity index (χ4v) is 0.812. The van der Waals surface area contributed by atoms with Crippen LogP contribution in [0.3, 0.4) is 0 Å². The Morgan fingerprint density at radius 2 is 1.92 bits per heavy atom. The van der Waals surface area contributed by atoms with Crippen LogP contribution in [0.5, 0.6) is 0 Å². The molecule has 0 aliphatic rings. The first-order chi connectivity index (χ1) is 5.68. The van der Waals surface area contributed by atoms with Gasteiger partial charge in [-0.15, -0.1) is 0 Å². The quantitative estimate of drug-likeness (QED) is 0.552. The topological polar surface area (TPSA) is 24.4 Å². The summed E-state index contributed by atoms with van der Waals surface area (Å²) in [6.45, 7) is 3.77. The van der Waals surface area contributed by atoms with Gasteiger partial charge in [0.25, 0.3) is 0 Å². The third-order valence-corrected chi connectivity index (χ3v) is 1.48. The van der Waals surface area contributed by atoms with Gasteiger partial charge in [0.1, 0.15) is 5.17 Å². The maximum atomic E-state index is 5.55. The van der Waals surface area contributed by atoms with Crippen molar-refractivity contribution >= 4 is 22.5 Å². The standard InChI is InChI=1S/C9H11ClN2/c1-7-3-5-9(6-4-7)12-11-8(2)10/h3-6,12H,1-2H3/b11-8+. The molecule has 0 heterocycles. The maximum Gasteiger partial charge on any atom is 0.123 e. The van der Waals surface area contributed by atoms with Crippen molar-refractivity contribution in [3.63, 3.8) is 0 Å². The van der Waals surface area contributed by atoms with E-state index in [4.69, 9.17) is 11.6 Å². The van der Waals surface area contributed by atoms with Crippen molar-refractivity contribution in [2.45, 2.75) is 13.8 Å². The summed E-state index contributed by atoms with van der Waals surface area (Å²) >= 11 is 5.55. The van der Waals surface area contributed by atoms with E-state index < -0.39 is 0 Å². The molecule has 0 aliphatic heterocycles. The Hall–Kier alpha value is -1.02.